The van der Waals surface area contributed by atoms with Crippen LogP contribution in [0.1, 0.15) is 36.1 Å². The molecule has 1 unspecified atom stereocenters. The number of benzene rings is 3. The van der Waals surface area contributed by atoms with Crippen LogP contribution in [0.4, 0.5) is 0 Å². The van der Waals surface area contributed by atoms with E-state index in [4.69, 9.17) is 9.47 Å². The molecular weight excluding hydrogens is 362 g/mol. The maximum Gasteiger partial charge on any atom is 0.216 e. The van der Waals surface area contributed by atoms with Gasteiger partial charge in [-0.25, -0.2) is 4.99 Å². The van der Waals surface area contributed by atoms with Crippen LogP contribution in [-0.4, -0.2) is 30.3 Å². The summed E-state index contributed by atoms with van der Waals surface area (Å²) in [7, 11) is 1.63. The van der Waals surface area contributed by atoms with Crippen LogP contribution in [-0.2, 0) is 10.3 Å². The quantitative estimate of drug-likeness (QED) is 0.654. The average Bonchev–Trinajstić information content (AvgIpc) is 3.13. The predicted octanol–water partition coefficient (Wildman–Crippen LogP) is 4.53. The summed E-state index contributed by atoms with van der Waals surface area (Å²) in [5.41, 5.74) is 1.76. The number of hydrogen-bond acceptors (Lipinski definition) is 4. The fourth-order valence-corrected chi connectivity index (χ4v) is 3.60. The van der Waals surface area contributed by atoms with Gasteiger partial charge in [0.1, 0.15) is 18.0 Å². The summed E-state index contributed by atoms with van der Waals surface area (Å²) in [6.45, 7) is 4.67. The second-order valence-electron chi connectivity index (χ2n) is 7.90. The normalized spacial score (nSPS) is 17.2. The number of aliphatic imine (C=N–C) groups is 1. The van der Waals surface area contributed by atoms with E-state index in [-0.39, 0.29) is 5.54 Å². The average molecular weight is 387 g/mol. The first-order chi connectivity index (χ1) is 13.9. The SMILES string of the molecule is COc1ccc(C(O)(c2ccccc2)c2ccc(C3=NC(C)(C)CO3)cc2)cc1. The van der Waals surface area contributed by atoms with Gasteiger partial charge in [-0.2, -0.15) is 0 Å². The van der Waals surface area contributed by atoms with Crippen LogP contribution in [0.25, 0.3) is 0 Å². The molecule has 1 N–H and O–H groups in total. The highest BCUT2D eigenvalue weighted by Gasteiger charge is 2.34. The largest absolute Gasteiger partial charge is 0.497 e. The third-order valence-corrected chi connectivity index (χ3v) is 5.22. The van der Waals surface area contributed by atoms with Gasteiger partial charge in [-0.3, -0.25) is 0 Å². The Morgan fingerprint density at radius 2 is 1.41 bits per heavy atom. The Morgan fingerprint density at radius 1 is 0.862 bits per heavy atom. The van der Waals surface area contributed by atoms with E-state index >= 15 is 0 Å². The Balaban J connectivity index is 1.77. The van der Waals surface area contributed by atoms with E-state index in [1.165, 1.54) is 0 Å². The van der Waals surface area contributed by atoms with Crippen LogP contribution >= 0.6 is 0 Å². The van der Waals surface area contributed by atoms with Crippen molar-refractivity contribution < 1.29 is 14.6 Å². The van der Waals surface area contributed by atoms with Crippen molar-refractivity contribution in [3.8, 4) is 5.75 Å². The lowest BCUT2D eigenvalue weighted by molar-refractivity contribution is 0.125. The van der Waals surface area contributed by atoms with Gasteiger partial charge in [-0.1, -0.05) is 54.6 Å². The second kappa shape index (κ2) is 7.37. The molecule has 0 fully saturated rings. The molecular formula is C25H25NO3. The zero-order valence-electron chi connectivity index (χ0n) is 16.9. The summed E-state index contributed by atoms with van der Waals surface area (Å²) in [5.74, 6) is 1.40. The van der Waals surface area contributed by atoms with Gasteiger partial charge in [-0.05, 0) is 54.8 Å². The van der Waals surface area contributed by atoms with Gasteiger partial charge in [0.25, 0.3) is 0 Å². The monoisotopic (exact) mass is 387 g/mol. The van der Waals surface area contributed by atoms with Crippen molar-refractivity contribution in [2.45, 2.75) is 25.0 Å². The third-order valence-electron chi connectivity index (χ3n) is 5.22. The Kier molecular flexibility index (Phi) is 4.89. The summed E-state index contributed by atoms with van der Waals surface area (Å²) in [5, 5.41) is 11.9. The third kappa shape index (κ3) is 3.64. The van der Waals surface area contributed by atoms with E-state index in [9.17, 15) is 5.11 Å². The molecule has 1 atom stereocenters. The molecule has 0 aromatic heterocycles. The fraction of sp³-hybridized carbons (Fsp3) is 0.240. The van der Waals surface area contributed by atoms with E-state index < -0.39 is 5.60 Å². The number of ether oxygens (including phenoxy) is 2. The minimum absolute atomic E-state index is 0.206. The van der Waals surface area contributed by atoms with E-state index in [2.05, 4.69) is 4.99 Å². The molecule has 29 heavy (non-hydrogen) atoms. The summed E-state index contributed by atoms with van der Waals surface area (Å²) >= 11 is 0. The molecule has 0 amide bonds. The van der Waals surface area contributed by atoms with E-state index in [0.717, 1.165) is 28.0 Å². The van der Waals surface area contributed by atoms with Crippen molar-refractivity contribution in [1.82, 2.24) is 0 Å². The molecule has 1 aliphatic rings. The Labute approximate surface area is 171 Å². The zero-order valence-corrected chi connectivity index (χ0v) is 16.9. The number of methoxy groups -OCH3 is 1. The van der Waals surface area contributed by atoms with Gasteiger partial charge in [0, 0.05) is 5.56 Å². The molecule has 3 aromatic carbocycles. The van der Waals surface area contributed by atoms with Crippen molar-refractivity contribution in [3.05, 3.63) is 101 Å². The molecule has 3 aromatic rings. The minimum atomic E-state index is -1.29. The fourth-order valence-electron chi connectivity index (χ4n) is 3.60. The van der Waals surface area contributed by atoms with Crippen molar-refractivity contribution in [1.29, 1.82) is 0 Å². The highest BCUT2D eigenvalue weighted by molar-refractivity contribution is 5.95. The van der Waals surface area contributed by atoms with Gasteiger partial charge in [-0.15, -0.1) is 0 Å². The zero-order chi connectivity index (χ0) is 20.5. The van der Waals surface area contributed by atoms with Crippen LogP contribution in [0, 0.1) is 0 Å². The van der Waals surface area contributed by atoms with Gasteiger partial charge >= 0.3 is 0 Å². The second-order valence-corrected chi connectivity index (χ2v) is 7.90. The molecule has 0 bridgehead atoms. The molecule has 4 heteroatoms. The van der Waals surface area contributed by atoms with Crippen molar-refractivity contribution in [2.24, 2.45) is 4.99 Å². The smallest absolute Gasteiger partial charge is 0.216 e. The Bertz CT molecular complexity index is 1010. The maximum atomic E-state index is 11.9. The van der Waals surface area contributed by atoms with Crippen molar-refractivity contribution in [3.63, 3.8) is 0 Å². The lowest BCUT2D eigenvalue weighted by atomic mass is 9.80. The first kappa shape index (κ1) is 19.2. The van der Waals surface area contributed by atoms with E-state index in [1.54, 1.807) is 7.11 Å². The Hall–Kier alpha value is -3.11. The first-order valence-electron chi connectivity index (χ1n) is 9.68. The van der Waals surface area contributed by atoms with Crippen LogP contribution in [0.5, 0.6) is 5.75 Å². The predicted molar refractivity (Wildman–Crippen MR) is 115 cm³/mol. The number of hydrogen-bond donors (Lipinski definition) is 1. The molecule has 0 radical (unpaired) electrons. The molecule has 0 spiro atoms. The lowest BCUT2D eigenvalue weighted by Crippen LogP contribution is -2.28. The lowest BCUT2D eigenvalue weighted by Gasteiger charge is -2.30. The first-order valence-corrected chi connectivity index (χ1v) is 9.68. The van der Waals surface area contributed by atoms with Crippen LogP contribution in [0.15, 0.2) is 83.9 Å². The maximum absolute atomic E-state index is 11.9. The molecule has 4 nitrogen and oxygen atoms in total. The summed E-state index contributed by atoms with van der Waals surface area (Å²) in [4.78, 5) is 4.64. The molecule has 0 saturated carbocycles. The van der Waals surface area contributed by atoms with Gasteiger partial charge in [0.05, 0.1) is 12.6 Å². The van der Waals surface area contributed by atoms with Gasteiger partial charge in [0.15, 0.2) is 0 Å². The summed E-state index contributed by atoms with van der Waals surface area (Å²) in [6, 6.07) is 25.0. The molecule has 0 saturated heterocycles. The van der Waals surface area contributed by atoms with Crippen LogP contribution in [0.3, 0.4) is 0 Å². The summed E-state index contributed by atoms with van der Waals surface area (Å²) < 4.78 is 11.0. The Morgan fingerprint density at radius 3 is 1.93 bits per heavy atom. The minimum Gasteiger partial charge on any atom is -0.497 e. The number of nitrogens with zero attached hydrogens (tertiary/aromatic N) is 1. The van der Waals surface area contributed by atoms with Crippen molar-refractivity contribution >= 4 is 5.90 Å². The molecule has 0 aliphatic carbocycles. The topological polar surface area (TPSA) is 51.0 Å². The molecule has 4 rings (SSSR count). The van der Waals surface area contributed by atoms with Gasteiger partial charge in [0.2, 0.25) is 5.90 Å². The van der Waals surface area contributed by atoms with Crippen molar-refractivity contribution in [2.75, 3.05) is 13.7 Å². The standard InChI is InChI=1S/C25H25NO3/c1-24(2)17-29-23(26-24)18-9-11-20(12-10-18)25(27,19-7-5-4-6-8-19)21-13-15-22(28-3)16-14-21/h4-16,27H,17H2,1-3H3. The highest BCUT2D eigenvalue weighted by Crippen LogP contribution is 2.37. The molecule has 1 aliphatic heterocycles. The van der Waals surface area contributed by atoms with Crippen LogP contribution < -0.4 is 4.74 Å². The molecule has 1 heterocycles. The summed E-state index contributed by atoms with van der Waals surface area (Å²) in [6.07, 6.45) is 0. The van der Waals surface area contributed by atoms with Gasteiger partial charge < -0.3 is 14.6 Å². The number of aliphatic hydroxyl groups is 1. The van der Waals surface area contributed by atoms with Crippen LogP contribution in [0.2, 0.25) is 0 Å². The number of rotatable bonds is 5. The highest BCUT2D eigenvalue weighted by atomic mass is 16.5. The van der Waals surface area contributed by atoms with E-state index in [0.29, 0.717) is 12.5 Å². The van der Waals surface area contributed by atoms with E-state index in [1.807, 2.05) is 92.7 Å². The molecule has 148 valence electrons.